The summed E-state index contributed by atoms with van der Waals surface area (Å²) in [4.78, 5) is 17.1. The van der Waals surface area contributed by atoms with Crippen LogP contribution in [-0.4, -0.2) is 61.5 Å². The molecule has 2 unspecified atom stereocenters. The zero-order chi connectivity index (χ0) is 18.1. The smallest absolute Gasteiger partial charge is 0.240 e. The number of aliphatic hydroxyl groups is 1. The highest BCUT2D eigenvalue weighted by atomic mass is 16.3. The highest BCUT2D eigenvalue weighted by Crippen LogP contribution is 2.27. The molecule has 0 radical (unpaired) electrons. The van der Waals surface area contributed by atoms with Crippen molar-refractivity contribution in [1.29, 1.82) is 0 Å². The predicted octanol–water partition coefficient (Wildman–Crippen LogP) is 1.38. The van der Waals surface area contributed by atoms with Crippen LogP contribution in [0.25, 0.3) is 0 Å². The first kappa shape index (κ1) is 17.2. The van der Waals surface area contributed by atoms with Crippen LogP contribution in [0.15, 0.2) is 36.5 Å². The van der Waals surface area contributed by atoms with Crippen LogP contribution in [0.3, 0.4) is 0 Å². The molecule has 0 bridgehead atoms. The maximum atomic E-state index is 12.9. The summed E-state index contributed by atoms with van der Waals surface area (Å²) in [6, 6.07) is 10.5. The third-order valence-corrected chi connectivity index (χ3v) is 5.38. The van der Waals surface area contributed by atoms with Crippen molar-refractivity contribution in [1.82, 2.24) is 24.8 Å². The molecule has 26 heavy (non-hydrogen) atoms. The molecule has 2 fully saturated rings. The number of aromatic nitrogens is 3. The average Bonchev–Trinajstić information content (AvgIpc) is 3.24. The Morgan fingerprint density at radius 1 is 1.31 bits per heavy atom. The van der Waals surface area contributed by atoms with E-state index in [1.807, 2.05) is 23.1 Å². The highest BCUT2D eigenvalue weighted by Gasteiger charge is 2.39. The molecular weight excluding hydrogens is 330 g/mol. The van der Waals surface area contributed by atoms with Crippen LogP contribution in [0.1, 0.15) is 43.2 Å². The minimum atomic E-state index is -0.619. The largest absolute Gasteiger partial charge is 0.387 e. The van der Waals surface area contributed by atoms with Gasteiger partial charge in [0.25, 0.3) is 0 Å². The monoisotopic (exact) mass is 355 g/mol. The van der Waals surface area contributed by atoms with Crippen molar-refractivity contribution in [2.75, 3.05) is 19.6 Å². The Hall–Kier alpha value is -2.25. The fourth-order valence-corrected chi connectivity index (χ4v) is 3.79. The van der Waals surface area contributed by atoms with Crippen LogP contribution in [0.5, 0.6) is 0 Å². The molecule has 1 amide bonds. The van der Waals surface area contributed by atoms with Crippen molar-refractivity contribution in [3.63, 3.8) is 0 Å². The Balaban J connectivity index is 1.34. The number of amides is 1. The van der Waals surface area contributed by atoms with Gasteiger partial charge in [-0.05, 0) is 31.9 Å². The maximum Gasteiger partial charge on any atom is 0.240 e. The van der Waals surface area contributed by atoms with Crippen LogP contribution in [0, 0.1) is 0 Å². The van der Waals surface area contributed by atoms with Crippen molar-refractivity contribution in [2.24, 2.45) is 0 Å². The van der Waals surface area contributed by atoms with E-state index in [1.165, 1.54) is 5.56 Å². The van der Waals surface area contributed by atoms with Gasteiger partial charge in [-0.3, -0.25) is 9.69 Å². The molecule has 7 nitrogen and oxygen atoms in total. The summed E-state index contributed by atoms with van der Waals surface area (Å²) in [5.74, 6) is 0.227. The number of aliphatic hydroxyl groups excluding tert-OH is 1. The SMILES string of the molecule is CC(O)c1cn(C2CN(C(=O)C3CCCN3Cc3ccccc3)C2)nn1. The Morgan fingerprint density at radius 3 is 2.77 bits per heavy atom. The van der Waals surface area contributed by atoms with Crippen molar-refractivity contribution in [2.45, 2.75) is 44.5 Å². The van der Waals surface area contributed by atoms with Gasteiger partial charge in [0, 0.05) is 19.6 Å². The van der Waals surface area contributed by atoms with Crippen molar-refractivity contribution >= 4 is 5.91 Å². The Bertz CT molecular complexity index is 754. The molecule has 0 saturated carbocycles. The lowest BCUT2D eigenvalue weighted by molar-refractivity contribution is -0.142. The summed E-state index contributed by atoms with van der Waals surface area (Å²) in [7, 11) is 0. The van der Waals surface area contributed by atoms with Gasteiger partial charge in [0.1, 0.15) is 5.69 Å². The summed E-state index contributed by atoms with van der Waals surface area (Å²) in [5.41, 5.74) is 1.82. The van der Waals surface area contributed by atoms with Gasteiger partial charge in [-0.25, -0.2) is 4.68 Å². The summed E-state index contributed by atoms with van der Waals surface area (Å²) < 4.78 is 1.77. The van der Waals surface area contributed by atoms with Gasteiger partial charge in [-0.15, -0.1) is 5.10 Å². The third kappa shape index (κ3) is 3.37. The summed E-state index contributed by atoms with van der Waals surface area (Å²) in [6.45, 7) is 4.80. The second kappa shape index (κ2) is 7.17. The van der Waals surface area contributed by atoms with Gasteiger partial charge in [0.15, 0.2) is 0 Å². The molecule has 3 heterocycles. The van der Waals surface area contributed by atoms with E-state index in [1.54, 1.807) is 17.8 Å². The predicted molar refractivity (Wildman–Crippen MR) is 96.1 cm³/mol. The molecule has 1 aromatic heterocycles. The van der Waals surface area contributed by atoms with Gasteiger partial charge in [-0.2, -0.15) is 0 Å². The lowest BCUT2D eigenvalue weighted by atomic mass is 10.1. The Kier molecular flexibility index (Phi) is 4.74. The van der Waals surface area contributed by atoms with Crippen LogP contribution >= 0.6 is 0 Å². The number of nitrogens with zero attached hydrogens (tertiary/aromatic N) is 5. The van der Waals surface area contributed by atoms with Crippen LogP contribution < -0.4 is 0 Å². The van der Waals surface area contributed by atoms with E-state index < -0.39 is 6.10 Å². The van der Waals surface area contributed by atoms with E-state index in [9.17, 15) is 9.90 Å². The number of rotatable bonds is 5. The lowest BCUT2D eigenvalue weighted by Gasteiger charge is -2.41. The zero-order valence-electron chi connectivity index (χ0n) is 15.0. The minimum absolute atomic E-state index is 0.0140. The molecule has 0 aliphatic carbocycles. The number of benzene rings is 1. The van der Waals surface area contributed by atoms with Gasteiger partial charge < -0.3 is 10.0 Å². The standard InChI is InChI=1S/C19H25N5O2/c1-14(25)17-13-24(21-20-17)16-11-23(12-16)19(26)18-8-5-9-22(18)10-15-6-3-2-4-7-15/h2-4,6-7,13-14,16,18,25H,5,8-12H2,1H3. The lowest BCUT2D eigenvalue weighted by Crippen LogP contribution is -2.56. The van der Waals surface area contributed by atoms with Crippen LogP contribution in [0.4, 0.5) is 0 Å². The molecular formula is C19H25N5O2. The van der Waals surface area contributed by atoms with E-state index in [4.69, 9.17) is 0 Å². The molecule has 7 heteroatoms. The number of carbonyl (C=O) groups is 1. The van der Waals surface area contributed by atoms with Crippen molar-refractivity contribution in [3.05, 3.63) is 47.8 Å². The van der Waals surface area contributed by atoms with E-state index in [2.05, 4.69) is 27.3 Å². The van der Waals surface area contributed by atoms with Gasteiger partial charge >= 0.3 is 0 Å². The van der Waals surface area contributed by atoms with E-state index in [0.717, 1.165) is 25.9 Å². The Labute approximate surface area is 153 Å². The number of hydrogen-bond donors (Lipinski definition) is 1. The zero-order valence-corrected chi connectivity index (χ0v) is 15.0. The first-order valence-corrected chi connectivity index (χ1v) is 9.28. The number of hydrogen-bond acceptors (Lipinski definition) is 5. The molecule has 2 aliphatic heterocycles. The number of carbonyl (C=O) groups excluding carboxylic acids is 1. The fourth-order valence-electron chi connectivity index (χ4n) is 3.79. The first-order valence-electron chi connectivity index (χ1n) is 9.28. The second-order valence-electron chi connectivity index (χ2n) is 7.31. The summed E-state index contributed by atoms with van der Waals surface area (Å²) in [6.07, 6.45) is 3.16. The molecule has 0 spiro atoms. The molecule has 4 rings (SSSR count). The molecule has 1 aromatic carbocycles. The molecule has 2 saturated heterocycles. The topological polar surface area (TPSA) is 74.5 Å². The van der Waals surface area contributed by atoms with Gasteiger partial charge in [0.05, 0.1) is 24.4 Å². The third-order valence-electron chi connectivity index (χ3n) is 5.38. The van der Waals surface area contributed by atoms with Gasteiger partial charge in [0.2, 0.25) is 5.91 Å². The quantitative estimate of drug-likeness (QED) is 0.877. The second-order valence-corrected chi connectivity index (χ2v) is 7.31. The molecule has 2 aromatic rings. The maximum absolute atomic E-state index is 12.9. The van der Waals surface area contributed by atoms with Gasteiger partial charge in [-0.1, -0.05) is 35.5 Å². The van der Waals surface area contributed by atoms with Crippen LogP contribution in [-0.2, 0) is 11.3 Å². The first-order chi connectivity index (χ1) is 12.6. The van der Waals surface area contributed by atoms with E-state index in [0.29, 0.717) is 18.8 Å². The summed E-state index contributed by atoms with van der Waals surface area (Å²) in [5, 5.41) is 17.6. The minimum Gasteiger partial charge on any atom is -0.387 e. The molecule has 138 valence electrons. The molecule has 2 atom stereocenters. The molecule has 2 aliphatic rings. The fraction of sp³-hybridized carbons (Fsp3) is 0.526. The number of likely N-dealkylation sites (tertiary alicyclic amines) is 2. The molecule has 1 N–H and O–H groups in total. The normalized spacial score (nSPS) is 22.4. The highest BCUT2D eigenvalue weighted by molar-refractivity contribution is 5.83. The van der Waals surface area contributed by atoms with E-state index >= 15 is 0 Å². The van der Waals surface area contributed by atoms with Crippen LogP contribution in [0.2, 0.25) is 0 Å². The van der Waals surface area contributed by atoms with Crippen molar-refractivity contribution in [3.8, 4) is 0 Å². The summed E-state index contributed by atoms with van der Waals surface area (Å²) >= 11 is 0. The Morgan fingerprint density at radius 2 is 2.08 bits per heavy atom. The van der Waals surface area contributed by atoms with Crippen molar-refractivity contribution < 1.29 is 9.90 Å². The average molecular weight is 355 g/mol. The van der Waals surface area contributed by atoms with E-state index in [-0.39, 0.29) is 18.0 Å².